The zero-order valence-corrected chi connectivity index (χ0v) is 19.8. The molecule has 0 saturated heterocycles. The van der Waals surface area contributed by atoms with Crippen LogP contribution in [0.3, 0.4) is 0 Å². The highest BCUT2D eigenvalue weighted by Crippen LogP contribution is 2.37. The van der Waals surface area contributed by atoms with Crippen LogP contribution in [0.5, 0.6) is 11.5 Å². The molecular formula is C28H38O4. The summed E-state index contributed by atoms with van der Waals surface area (Å²) in [7, 11) is 0. The summed E-state index contributed by atoms with van der Waals surface area (Å²) in [5.41, 5.74) is 0.823. The van der Waals surface area contributed by atoms with Gasteiger partial charge in [-0.2, -0.15) is 0 Å². The Morgan fingerprint density at radius 2 is 1.44 bits per heavy atom. The van der Waals surface area contributed by atoms with E-state index in [0.29, 0.717) is 23.3 Å². The molecule has 4 nitrogen and oxygen atoms in total. The maximum Gasteiger partial charge on any atom is 0.196 e. The van der Waals surface area contributed by atoms with E-state index in [1.165, 1.54) is 18.9 Å². The van der Waals surface area contributed by atoms with E-state index >= 15 is 0 Å². The summed E-state index contributed by atoms with van der Waals surface area (Å²) < 4.78 is 5.87. The van der Waals surface area contributed by atoms with Crippen molar-refractivity contribution in [3.8, 4) is 11.5 Å². The number of phenolic OH excluding ortho intramolecular Hbond substituents is 2. The van der Waals surface area contributed by atoms with Crippen LogP contribution >= 0.6 is 0 Å². The molecule has 2 rings (SSSR count). The molecule has 0 saturated carbocycles. The van der Waals surface area contributed by atoms with Gasteiger partial charge in [0.2, 0.25) is 0 Å². The Kier molecular flexibility index (Phi) is 10.9. The van der Waals surface area contributed by atoms with Gasteiger partial charge in [-0.25, -0.2) is 0 Å². The van der Waals surface area contributed by atoms with E-state index in [-0.39, 0.29) is 27.9 Å². The second-order valence-electron chi connectivity index (χ2n) is 8.33. The Hall–Kier alpha value is -2.75. The molecule has 2 aromatic rings. The fraction of sp³-hybridized carbons (Fsp3) is 0.464. The summed E-state index contributed by atoms with van der Waals surface area (Å²) in [5.74, 6) is 0.386. The van der Waals surface area contributed by atoms with E-state index in [1.807, 2.05) is 0 Å². The molecule has 0 amide bonds. The van der Waals surface area contributed by atoms with E-state index < -0.39 is 0 Å². The molecule has 0 aliphatic heterocycles. The first-order chi connectivity index (χ1) is 15.5. The number of rotatable bonds is 13. The van der Waals surface area contributed by atoms with Gasteiger partial charge in [0.25, 0.3) is 0 Å². The maximum absolute atomic E-state index is 12.5. The number of unbranched alkanes of at least 4 members (excludes halogenated alkanes) is 5. The number of fused-ring (bicyclic) bond motifs is 1. The lowest BCUT2D eigenvalue weighted by atomic mass is 10.0. The molecule has 1 heterocycles. The fourth-order valence-corrected chi connectivity index (χ4v) is 3.76. The van der Waals surface area contributed by atoms with Gasteiger partial charge in [0, 0.05) is 23.6 Å². The van der Waals surface area contributed by atoms with Crippen LogP contribution in [0.15, 0.2) is 51.7 Å². The zero-order chi connectivity index (χ0) is 23.3. The first kappa shape index (κ1) is 25.5. The highest BCUT2D eigenvalue weighted by molar-refractivity contribution is 5.89. The van der Waals surface area contributed by atoms with Crippen molar-refractivity contribution in [2.45, 2.75) is 85.0 Å². The number of aromatic hydroxyl groups is 2. The number of benzene rings is 1. The second-order valence-corrected chi connectivity index (χ2v) is 8.33. The van der Waals surface area contributed by atoms with Gasteiger partial charge in [0.1, 0.15) is 28.2 Å². The lowest BCUT2D eigenvalue weighted by molar-refractivity contribution is 0.439. The summed E-state index contributed by atoms with van der Waals surface area (Å²) in [6, 6.07) is 1.47. The van der Waals surface area contributed by atoms with E-state index in [1.54, 1.807) is 13.8 Å². The van der Waals surface area contributed by atoms with Crippen LogP contribution in [0, 0.1) is 13.8 Å². The van der Waals surface area contributed by atoms with Crippen molar-refractivity contribution in [2.75, 3.05) is 0 Å². The average molecular weight is 439 g/mol. The molecule has 0 unspecified atom stereocenters. The van der Waals surface area contributed by atoms with Gasteiger partial charge in [-0.15, -0.1) is 0 Å². The summed E-state index contributed by atoms with van der Waals surface area (Å²) in [6.07, 6.45) is 23.8. The Balaban J connectivity index is 1.69. The Labute approximate surface area is 192 Å². The molecule has 0 spiro atoms. The van der Waals surface area contributed by atoms with Gasteiger partial charge in [-0.3, -0.25) is 4.79 Å². The van der Waals surface area contributed by atoms with Crippen LogP contribution in [-0.2, 0) is 6.42 Å². The van der Waals surface area contributed by atoms with Crippen LogP contribution in [0.1, 0.15) is 81.6 Å². The van der Waals surface area contributed by atoms with Crippen molar-refractivity contribution in [3.63, 3.8) is 0 Å². The maximum atomic E-state index is 12.5. The predicted octanol–water partition coefficient (Wildman–Crippen LogP) is 7.56. The highest BCUT2D eigenvalue weighted by atomic mass is 16.3. The Bertz CT molecular complexity index is 1010. The molecule has 2 N–H and O–H groups in total. The van der Waals surface area contributed by atoms with E-state index in [0.717, 1.165) is 44.9 Å². The van der Waals surface area contributed by atoms with E-state index in [4.69, 9.17) is 4.42 Å². The molecule has 1 aromatic carbocycles. The zero-order valence-electron chi connectivity index (χ0n) is 19.8. The lowest BCUT2D eigenvalue weighted by Crippen LogP contribution is -2.04. The third kappa shape index (κ3) is 7.44. The third-order valence-corrected chi connectivity index (χ3v) is 5.72. The Morgan fingerprint density at radius 3 is 2.16 bits per heavy atom. The minimum absolute atomic E-state index is 0.0236. The van der Waals surface area contributed by atoms with Crippen LogP contribution in [0.2, 0.25) is 0 Å². The van der Waals surface area contributed by atoms with Crippen molar-refractivity contribution >= 4 is 11.0 Å². The molecule has 0 aliphatic rings. The largest absolute Gasteiger partial charge is 0.507 e. The van der Waals surface area contributed by atoms with Crippen LogP contribution in [0.25, 0.3) is 11.0 Å². The number of hydrogen-bond donors (Lipinski definition) is 2. The van der Waals surface area contributed by atoms with E-state index in [9.17, 15) is 15.0 Å². The lowest BCUT2D eigenvalue weighted by Gasteiger charge is -2.11. The standard InChI is InChI=1S/C28H38O4/c1-4-5-6-7-8-9-10-11-12-13-14-15-16-17-18-19-23-20-24(29)25-27(31)21(2)26(30)22(3)28(25)32-23/h5-6,8-9,11-12,20,30-31H,4,7,10,13-19H2,1-3H3/b6-5-,9-8-,12-11-. The van der Waals surface area contributed by atoms with Crippen molar-refractivity contribution in [1.29, 1.82) is 0 Å². The first-order valence-electron chi connectivity index (χ1n) is 11.9. The molecule has 0 radical (unpaired) electrons. The summed E-state index contributed by atoms with van der Waals surface area (Å²) >= 11 is 0. The van der Waals surface area contributed by atoms with Crippen molar-refractivity contribution in [1.82, 2.24) is 0 Å². The SMILES string of the molecule is CC/C=C\C/C=C\C/C=C\CCCCCCCc1cc(=O)c2c(O)c(C)c(O)c(C)c2o1. The van der Waals surface area contributed by atoms with Crippen molar-refractivity contribution in [3.05, 3.63) is 69.6 Å². The molecule has 174 valence electrons. The molecule has 0 bridgehead atoms. The van der Waals surface area contributed by atoms with Crippen LogP contribution in [0.4, 0.5) is 0 Å². The van der Waals surface area contributed by atoms with Gasteiger partial charge in [0.05, 0.1) is 0 Å². The van der Waals surface area contributed by atoms with E-state index in [2.05, 4.69) is 43.4 Å². The summed E-state index contributed by atoms with van der Waals surface area (Å²) in [4.78, 5) is 12.5. The van der Waals surface area contributed by atoms with Crippen LogP contribution in [-0.4, -0.2) is 10.2 Å². The first-order valence-corrected chi connectivity index (χ1v) is 11.9. The normalized spacial score (nSPS) is 12.2. The Morgan fingerprint density at radius 1 is 0.812 bits per heavy atom. The van der Waals surface area contributed by atoms with Crippen molar-refractivity contribution < 1.29 is 14.6 Å². The van der Waals surface area contributed by atoms with Crippen molar-refractivity contribution in [2.24, 2.45) is 0 Å². The minimum Gasteiger partial charge on any atom is -0.507 e. The second kappa shape index (κ2) is 13.6. The molecule has 0 aliphatic carbocycles. The van der Waals surface area contributed by atoms with Gasteiger partial charge in [0.15, 0.2) is 5.43 Å². The average Bonchev–Trinajstić information content (AvgIpc) is 2.78. The summed E-state index contributed by atoms with van der Waals surface area (Å²) in [5, 5.41) is 20.5. The monoisotopic (exact) mass is 438 g/mol. The number of hydrogen-bond acceptors (Lipinski definition) is 4. The highest BCUT2D eigenvalue weighted by Gasteiger charge is 2.18. The number of allylic oxidation sites excluding steroid dienone is 6. The molecular weight excluding hydrogens is 400 g/mol. The minimum atomic E-state index is -0.260. The van der Waals surface area contributed by atoms with Gasteiger partial charge < -0.3 is 14.6 Å². The smallest absolute Gasteiger partial charge is 0.196 e. The van der Waals surface area contributed by atoms with Gasteiger partial charge in [-0.1, -0.05) is 62.6 Å². The molecule has 0 atom stereocenters. The fourth-order valence-electron chi connectivity index (χ4n) is 3.76. The quantitative estimate of drug-likeness (QED) is 0.250. The topological polar surface area (TPSA) is 70.7 Å². The van der Waals surface area contributed by atoms with Crippen LogP contribution < -0.4 is 5.43 Å². The van der Waals surface area contributed by atoms with Gasteiger partial charge in [-0.05, 0) is 52.4 Å². The molecule has 1 aromatic heterocycles. The molecule has 4 heteroatoms. The van der Waals surface area contributed by atoms with Gasteiger partial charge >= 0.3 is 0 Å². The number of aryl methyl sites for hydroxylation is 2. The predicted molar refractivity (Wildman–Crippen MR) is 134 cm³/mol. The third-order valence-electron chi connectivity index (χ3n) is 5.72. The number of phenols is 2. The summed E-state index contributed by atoms with van der Waals surface area (Å²) in [6.45, 7) is 5.44. The molecule has 32 heavy (non-hydrogen) atoms. The molecule has 0 fully saturated rings.